The Morgan fingerprint density at radius 2 is 0.918 bits per heavy atom. The Kier molecular flexibility index (Phi) is 39.9. The molecule has 0 aromatic rings. The van der Waals surface area contributed by atoms with Crippen LogP contribution in [0.1, 0.15) is 155 Å². The van der Waals surface area contributed by atoms with Crippen molar-refractivity contribution in [3.8, 4) is 0 Å². The second kappa shape index (κ2) is 42.7. The number of rotatable bonds is 40. The van der Waals surface area contributed by atoms with Gasteiger partial charge in [0.25, 0.3) is 0 Å². The third-order valence-corrected chi connectivity index (χ3v) is 9.64. The largest absolute Gasteiger partial charge is 0.544 e. The van der Waals surface area contributed by atoms with Crippen molar-refractivity contribution in [2.75, 3.05) is 41.0 Å². The molecule has 0 saturated carbocycles. The van der Waals surface area contributed by atoms with Crippen molar-refractivity contribution in [3.05, 3.63) is 109 Å². The first-order valence-corrected chi connectivity index (χ1v) is 23.4. The van der Waals surface area contributed by atoms with Crippen molar-refractivity contribution in [3.63, 3.8) is 0 Å². The van der Waals surface area contributed by atoms with E-state index in [9.17, 15) is 19.5 Å². The highest BCUT2D eigenvalue weighted by Gasteiger charge is 2.25. The van der Waals surface area contributed by atoms with Gasteiger partial charge in [-0.2, -0.15) is 0 Å². The minimum Gasteiger partial charge on any atom is -0.544 e. The quantitative estimate of drug-likeness (QED) is 0.0262. The molecule has 0 amide bonds. The first-order chi connectivity index (χ1) is 29.6. The summed E-state index contributed by atoms with van der Waals surface area (Å²) in [5, 5.41) is 11.6. The van der Waals surface area contributed by atoms with E-state index in [4.69, 9.17) is 14.2 Å². The van der Waals surface area contributed by atoms with Gasteiger partial charge in [0.05, 0.1) is 40.3 Å². The number of carbonyl (C=O) groups excluding carboxylic acids is 3. The Bertz CT molecular complexity index is 1360. The lowest BCUT2D eigenvalue weighted by molar-refractivity contribution is -0.889. The smallest absolute Gasteiger partial charge is 0.306 e. The molecular weight excluding hydrogens is 763 g/mol. The fourth-order valence-electron chi connectivity index (χ4n) is 6.04. The number of likely N-dealkylation sites (N-methyl/N-ethyl adjacent to an activating group) is 1. The molecule has 61 heavy (non-hydrogen) atoms. The van der Waals surface area contributed by atoms with Crippen LogP contribution in [0.5, 0.6) is 0 Å². The van der Waals surface area contributed by atoms with Crippen LogP contribution in [0.4, 0.5) is 0 Å². The summed E-state index contributed by atoms with van der Waals surface area (Å²) in [5.41, 5.74) is 0. The van der Waals surface area contributed by atoms with Gasteiger partial charge >= 0.3 is 11.9 Å². The normalized spacial score (nSPS) is 13.9. The molecule has 0 spiro atoms. The summed E-state index contributed by atoms with van der Waals surface area (Å²) < 4.78 is 17.1. The van der Waals surface area contributed by atoms with Crippen LogP contribution >= 0.6 is 0 Å². The van der Waals surface area contributed by atoms with Gasteiger partial charge in [0, 0.05) is 19.3 Å². The summed E-state index contributed by atoms with van der Waals surface area (Å²) >= 11 is 0. The summed E-state index contributed by atoms with van der Waals surface area (Å²) in [5.74, 6) is -1.90. The van der Waals surface area contributed by atoms with Gasteiger partial charge in [0.15, 0.2) is 6.10 Å². The van der Waals surface area contributed by atoms with Crippen molar-refractivity contribution in [1.82, 2.24) is 0 Å². The Morgan fingerprint density at radius 1 is 0.508 bits per heavy atom. The summed E-state index contributed by atoms with van der Waals surface area (Å²) in [4.78, 5) is 36.9. The highest BCUT2D eigenvalue weighted by Crippen LogP contribution is 2.11. The molecule has 0 N–H and O–H groups in total. The second-order valence-corrected chi connectivity index (χ2v) is 16.3. The third kappa shape index (κ3) is 41.1. The van der Waals surface area contributed by atoms with Crippen LogP contribution in [0.3, 0.4) is 0 Å². The van der Waals surface area contributed by atoms with Crippen molar-refractivity contribution >= 4 is 17.9 Å². The van der Waals surface area contributed by atoms with E-state index in [0.29, 0.717) is 12.8 Å². The Balaban J connectivity index is 4.52. The molecule has 0 rings (SSSR count). The van der Waals surface area contributed by atoms with E-state index in [0.717, 1.165) is 70.6 Å². The minimum atomic E-state index is -1.15. The summed E-state index contributed by atoms with van der Waals surface area (Å²) in [6.07, 6.45) is 58.5. The molecule has 344 valence electrons. The maximum Gasteiger partial charge on any atom is 0.306 e. The Hall–Kier alpha value is -4.01. The molecule has 0 aliphatic carbocycles. The lowest BCUT2D eigenvalue weighted by Gasteiger charge is -2.34. The van der Waals surface area contributed by atoms with Gasteiger partial charge in [-0.05, 0) is 89.9 Å². The molecule has 8 nitrogen and oxygen atoms in total. The van der Waals surface area contributed by atoms with E-state index in [2.05, 4.69) is 123 Å². The average molecular weight is 848 g/mol. The van der Waals surface area contributed by atoms with Gasteiger partial charge in [-0.15, -0.1) is 0 Å². The zero-order valence-corrected chi connectivity index (χ0v) is 39.0. The van der Waals surface area contributed by atoms with E-state index < -0.39 is 18.1 Å². The van der Waals surface area contributed by atoms with Crippen LogP contribution in [0, 0.1) is 0 Å². The summed E-state index contributed by atoms with van der Waals surface area (Å²) in [7, 11) is 5.36. The molecule has 0 radical (unpaired) electrons. The maximum absolute atomic E-state index is 12.7. The fraction of sp³-hybridized carbons (Fsp3) is 0.604. The molecule has 2 unspecified atom stereocenters. The van der Waals surface area contributed by atoms with Gasteiger partial charge < -0.3 is 28.6 Å². The van der Waals surface area contributed by atoms with Crippen LogP contribution < -0.4 is 5.11 Å². The maximum atomic E-state index is 12.7. The third-order valence-electron chi connectivity index (χ3n) is 9.64. The first-order valence-electron chi connectivity index (χ1n) is 23.4. The number of carbonyl (C=O) groups is 3. The number of unbranched alkanes of at least 4 members (excludes halogenated alkanes) is 8. The molecule has 0 aliphatic rings. The highest BCUT2D eigenvalue weighted by molar-refractivity contribution is 5.70. The monoisotopic (exact) mass is 848 g/mol. The first kappa shape index (κ1) is 57.0. The zero-order valence-electron chi connectivity index (χ0n) is 39.0. The molecule has 8 heteroatoms. The molecule has 2 atom stereocenters. The van der Waals surface area contributed by atoms with E-state index in [-0.39, 0.29) is 55.5 Å². The van der Waals surface area contributed by atoms with Crippen LogP contribution in [-0.2, 0) is 28.6 Å². The van der Waals surface area contributed by atoms with Crippen LogP contribution in [0.25, 0.3) is 0 Å². The van der Waals surface area contributed by atoms with Gasteiger partial charge in [-0.3, -0.25) is 9.59 Å². The van der Waals surface area contributed by atoms with E-state index in [1.54, 1.807) is 21.1 Å². The minimum absolute atomic E-state index is 0.00502. The molecule has 0 heterocycles. The molecule has 0 aromatic heterocycles. The highest BCUT2D eigenvalue weighted by atomic mass is 16.6. The fourth-order valence-corrected chi connectivity index (χ4v) is 6.04. The van der Waals surface area contributed by atoms with Crippen LogP contribution in [-0.4, -0.2) is 75.5 Å². The molecule has 0 aliphatic heterocycles. The van der Waals surface area contributed by atoms with E-state index in [1.165, 1.54) is 38.5 Å². The molecule has 0 saturated heterocycles. The number of ether oxygens (including phenoxy) is 3. The number of carboxylic acid groups (broad SMARTS) is 1. The van der Waals surface area contributed by atoms with Crippen LogP contribution in [0.15, 0.2) is 109 Å². The van der Waals surface area contributed by atoms with Gasteiger partial charge in [0.2, 0.25) is 0 Å². The number of hydrogen-bond acceptors (Lipinski definition) is 7. The molecule has 0 fully saturated rings. The summed E-state index contributed by atoms with van der Waals surface area (Å²) in [6.45, 7) is 4.40. The lowest BCUT2D eigenvalue weighted by Crippen LogP contribution is -2.55. The van der Waals surface area contributed by atoms with E-state index in [1.807, 2.05) is 0 Å². The second-order valence-electron chi connectivity index (χ2n) is 16.3. The molecule has 0 aromatic carbocycles. The van der Waals surface area contributed by atoms with Crippen molar-refractivity contribution in [2.45, 2.75) is 167 Å². The number of quaternary nitrogens is 1. The van der Waals surface area contributed by atoms with Crippen molar-refractivity contribution in [1.29, 1.82) is 0 Å². The summed E-state index contributed by atoms with van der Waals surface area (Å²) in [6, 6.07) is -0.750. The number of nitrogens with zero attached hydrogens (tertiary/aromatic N) is 1. The number of hydrogen-bond donors (Lipinski definition) is 0. The number of allylic oxidation sites excluding steroid dienone is 18. The Morgan fingerprint density at radius 3 is 1.36 bits per heavy atom. The van der Waals surface area contributed by atoms with E-state index >= 15 is 0 Å². The predicted molar refractivity (Wildman–Crippen MR) is 254 cm³/mol. The standard InChI is InChI=1S/C53H85NO7/c1-6-8-10-12-14-16-18-20-22-24-25-26-28-29-31-33-35-37-39-41-43-51(55)60-48-49(47-59-46-45-50(53(57)58)54(3,4)5)61-52(56)44-42-40-38-36-34-32-30-27-23-21-19-17-15-13-11-9-7-2/h8,10,14,16,20-23,25-26,29-32,35-38,49-50H,6-7,9,11-13,15,17-19,24,27-28,33-34,39-48H2,1-5H3/b10-8+,16-14+,22-20+,23-21+,26-25+,31-29+,32-30+,37-35+,38-36+. The van der Waals surface area contributed by atoms with Crippen LogP contribution in [0.2, 0.25) is 0 Å². The number of aliphatic carboxylic acids is 1. The van der Waals surface area contributed by atoms with Crippen molar-refractivity contribution < 1.29 is 38.2 Å². The predicted octanol–water partition coefficient (Wildman–Crippen LogP) is 11.9. The van der Waals surface area contributed by atoms with Gasteiger partial charge in [-0.1, -0.05) is 155 Å². The molecule has 0 bridgehead atoms. The Labute approximate surface area is 372 Å². The van der Waals surface area contributed by atoms with Gasteiger partial charge in [0.1, 0.15) is 12.6 Å². The van der Waals surface area contributed by atoms with Gasteiger partial charge in [-0.25, -0.2) is 0 Å². The average Bonchev–Trinajstić information content (AvgIpc) is 3.22. The number of carboxylic acids is 1. The number of esters is 2. The topological polar surface area (TPSA) is 102 Å². The van der Waals surface area contributed by atoms with Crippen molar-refractivity contribution in [2.24, 2.45) is 0 Å². The SMILES string of the molecule is CC/C=C/C/C=C/C/C=C/C/C=C/C/C=C/C/C=C/CCCC(=O)OCC(COCCC(C(=O)[O-])[N+](C)(C)C)OC(=O)CCC/C=C/C/C=C/C/C=C/CCCCCCCC. The lowest BCUT2D eigenvalue weighted by atomic mass is 10.1. The zero-order chi connectivity index (χ0) is 44.9. The molecular formula is C53H85NO7.